The molecule has 4 aliphatic carbocycles. The average Bonchev–Trinajstić information content (AvgIpc) is 4.10. The van der Waals surface area contributed by atoms with E-state index in [1.165, 1.54) is 117 Å². The summed E-state index contributed by atoms with van der Waals surface area (Å²) in [6.45, 7) is 19.1. The smallest absolute Gasteiger partial charge is 0.0726 e. The second-order valence-electron chi connectivity index (χ2n) is 24.0. The van der Waals surface area contributed by atoms with Crippen molar-refractivity contribution in [3.8, 4) is 44.5 Å². The zero-order valence-electron chi connectivity index (χ0n) is 43.8. The van der Waals surface area contributed by atoms with Crippen LogP contribution in [0, 0.1) is 0 Å². The molecule has 0 saturated heterocycles. The van der Waals surface area contributed by atoms with E-state index >= 15 is 0 Å². The van der Waals surface area contributed by atoms with Crippen LogP contribution in [-0.2, 0) is 27.1 Å². The molecule has 74 heavy (non-hydrogen) atoms. The summed E-state index contributed by atoms with van der Waals surface area (Å²) in [5.41, 5.74) is 28.3. The Morgan fingerprint density at radius 3 is 1.22 bits per heavy atom. The van der Waals surface area contributed by atoms with Crippen LogP contribution >= 0.6 is 0 Å². The van der Waals surface area contributed by atoms with Gasteiger partial charge in [0.05, 0.1) is 16.5 Å². The topological polar surface area (TPSA) is 3.24 Å². The van der Waals surface area contributed by atoms with E-state index in [1.807, 2.05) is 0 Å². The van der Waals surface area contributed by atoms with E-state index < -0.39 is 10.8 Å². The molecule has 0 heterocycles. The zero-order chi connectivity index (χ0) is 50.5. The van der Waals surface area contributed by atoms with Gasteiger partial charge in [-0.1, -0.05) is 250 Å². The number of hydrogen-bond acceptors (Lipinski definition) is 1. The van der Waals surface area contributed by atoms with Gasteiger partial charge >= 0.3 is 0 Å². The Balaban J connectivity index is 1.13. The standard InChI is InChI=1S/C73H61N/c1-69(2,3)48-35-38-58-64(41-48)73(61-33-21-17-28-53(61)54-29-18-22-34-62(54)73)66-42-49(70(4,5)6)43-67(68(58)66)74(50-36-39-56-52-27-15-19-31-59(52)71(7,8)63(56)44-50)51-37-40-57-55-30-16-20-32-60(55)72(65(57)45-51,46-23-11-9-12-24-46)47-25-13-10-14-26-47/h9-45H,1-8H3. The van der Waals surface area contributed by atoms with Gasteiger partial charge in [0, 0.05) is 22.4 Å². The van der Waals surface area contributed by atoms with Crippen LogP contribution in [-0.4, -0.2) is 0 Å². The molecule has 0 aromatic heterocycles. The lowest BCUT2D eigenvalue weighted by Crippen LogP contribution is -2.29. The Bertz CT molecular complexity index is 3860. The van der Waals surface area contributed by atoms with Crippen LogP contribution in [0.25, 0.3) is 44.5 Å². The van der Waals surface area contributed by atoms with Crippen LogP contribution in [0.3, 0.4) is 0 Å². The van der Waals surface area contributed by atoms with Gasteiger partial charge in [0.2, 0.25) is 0 Å². The predicted molar refractivity (Wildman–Crippen MR) is 310 cm³/mol. The number of anilines is 3. The Morgan fingerprint density at radius 1 is 0.297 bits per heavy atom. The highest BCUT2D eigenvalue weighted by Gasteiger charge is 2.54. The molecule has 0 saturated carbocycles. The molecule has 0 bridgehead atoms. The van der Waals surface area contributed by atoms with E-state index in [4.69, 9.17) is 0 Å². The van der Waals surface area contributed by atoms with Gasteiger partial charge < -0.3 is 4.90 Å². The highest BCUT2D eigenvalue weighted by molar-refractivity contribution is 6.02. The van der Waals surface area contributed by atoms with E-state index in [0.717, 1.165) is 11.4 Å². The number of fused-ring (bicyclic) bond motifs is 16. The van der Waals surface area contributed by atoms with Gasteiger partial charge in [-0.25, -0.2) is 0 Å². The molecule has 1 spiro atoms. The molecule has 0 amide bonds. The van der Waals surface area contributed by atoms with Crippen molar-refractivity contribution in [3.05, 3.63) is 291 Å². The summed E-state index contributed by atoms with van der Waals surface area (Å²) in [4.78, 5) is 2.66. The third-order valence-electron chi connectivity index (χ3n) is 17.7. The van der Waals surface area contributed by atoms with Crippen LogP contribution in [0.15, 0.2) is 224 Å². The summed E-state index contributed by atoms with van der Waals surface area (Å²) >= 11 is 0. The largest absolute Gasteiger partial charge is 0.310 e. The van der Waals surface area contributed by atoms with Gasteiger partial charge in [-0.2, -0.15) is 0 Å². The van der Waals surface area contributed by atoms with Gasteiger partial charge in [0.25, 0.3) is 0 Å². The highest BCUT2D eigenvalue weighted by Crippen LogP contribution is 2.66. The molecule has 0 aliphatic heterocycles. The minimum atomic E-state index is -0.565. The van der Waals surface area contributed by atoms with Gasteiger partial charge in [0.1, 0.15) is 0 Å². The maximum atomic E-state index is 2.66. The quantitative estimate of drug-likeness (QED) is 0.166. The molecular weight excluding hydrogens is 891 g/mol. The van der Waals surface area contributed by atoms with Gasteiger partial charge in [-0.15, -0.1) is 0 Å². The van der Waals surface area contributed by atoms with Crippen molar-refractivity contribution >= 4 is 17.1 Å². The fourth-order valence-electron chi connectivity index (χ4n) is 14.1. The summed E-state index contributed by atoms with van der Waals surface area (Å²) in [7, 11) is 0. The van der Waals surface area contributed by atoms with Crippen molar-refractivity contribution < 1.29 is 0 Å². The van der Waals surface area contributed by atoms with Crippen molar-refractivity contribution in [1.29, 1.82) is 0 Å². The Hall–Kier alpha value is -8.00. The molecule has 10 aromatic rings. The van der Waals surface area contributed by atoms with Crippen molar-refractivity contribution in [2.75, 3.05) is 4.90 Å². The van der Waals surface area contributed by atoms with Gasteiger partial charge in [0.15, 0.2) is 0 Å². The zero-order valence-corrected chi connectivity index (χ0v) is 43.8. The van der Waals surface area contributed by atoms with Crippen LogP contribution in [0.4, 0.5) is 17.1 Å². The molecule has 14 rings (SSSR count). The number of hydrogen-bond donors (Lipinski definition) is 0. The number of rotatable bonds is 5. The molecule has 4 aliphatic rings. The molecule has 0 radical (unpaired) electrons. The molecule has 0 N–H and O–H groups in total. The van der Waals surface area contributed by atoms with E-state index in [0.29, 0.717) is 0 Å². The van der Waals surface area contributed by atoms with E-state index in [2.05, 4.69) is 285 Å². The number of benzene rings is 10. The monoisotopic (exact) mass is 951 g/mol. The maximum absolute atomic E-state index is 2.66. The number of nitrogens with zero attached hydrogens (tertiary/aromatic N) is 1. The Labute approximate surface area is 437 Å². The van der Waals surface area contributed by atoms with Gasteiger partial charge in [-0.3, -0.25) is 0 Å². The van der Waals surface area contributed by atoms with E-state index in [9.17, 15) is 0 Å². The first kappa shape index (κ1) is 44.7. The fourth-order valence-corrected chi connectivity index (χ4v) is 14.1. The summed E-state index contributed by atoms with van der Waals surface area (Å²) in [6, 6.07) is 86.5. The molecule has 10 aromatic carbocycles. The SMILES string of the molecule is CC(C)(C)c1ccc2c(c1)C1(c3ccccc3-c3ccccc31)c1cc(C(C)(C)C)cc(N(c3ccc4c(c3)C(C)(C)c3ccccc3-4)c3ccc4c(c3)C(c3ccccc3)(c3ccccc3)c3ccccc3-4)c1-2. The van der Waals surface area contributed by atoms with Crippen LogP contribution in [0.1, 0.15) is 122 Å². The minimum absolute atomic E-state index is 0.0606. The summed E-state index contributed by atoms with van der Waals surface area (Å²) in [5, 5.41) is 0. The first-order valence-electron chi connectivity index (χ1n) is 26.7. The van der Waals surface area contributed by atoms with Gasteiger partial charge in [-0.05, 0) is 147 Å². The lowest BCUT2D eigenvalue weighted by molar-refractivity contribution is 0.586. The average molecular weight is 952 g/mol. The van der Waals surface area contributed by atoms with Crippen LogP contribution in [0.5, 0.6) is 0 Å². The lowest BCUT2D eigenvalue weighted by Gasteiger charge is -2.36. The van der Waals surface area contributed by atoms with Crippen molar-refractivity contribution in [3.63, 3.8) is 0 Å². The molecule has 1 heteroatoms. The van der Waals surface area contributed by atoms with Crippen LogP contribution < -0.4 is 4.90 Å². The Kier molecular flexibility index (Phi) is 9.37. The molecule has 1 nitrogen and oxygen atoms in total. The molecular formula is C73H61N. The third kappa shape index (κ3) is 5.93. The highest BCUT2D eigenvalue weighted by atomic mass is 15.1. The van der Waals surface area contributed by atoms with E-state index in [-0.39, 0.29) is 16.2 Å². The predicted octanol–water partition coefficient (Wildman–Crippen LogP) is 18.8. The molecule has 0 atom stereocenters. The first-order valence-corrected chi connectivity index (χ1v) is 26.7. The first-order chi connectivity index (χ1) is 35.7. The molecule has 0 unspecified atom stereocenters. The fraction of sp³-hybridized carbons (Fsp3) is 0.178. The molecule has 358 valence electrons. The van der Waals surface area contributed by atoms with Crippen LogP contribution in [0.2, 0.25) is 0 Å². The summed E-state index contributed by atoms with van der Waals surface area (Å²) in [5.74, 6) is 0. The van der Waals surface area contributed by atoms with Crippen molar-refractivity contribution in [2.45, 2.75) is 82.5 Å². The summed E-state index contributed by atoms with van der Waals surface area (Å²) in [6.07, 6.45) is 0. The lowest BCUT2D eigenvalue weighted by atomic mass is 9.67. The second-order valence-corrected chi connectivity index (χ2v) is 24.0. The Morgan fingerprint density at radius 2 is 0.689 bits per heavy atom. The second kappa shape index (κ2) is 15.5. The van der Waals surface area contributed by atoms with Crippen molar-refractivity contribution in [2.24, 2.45) is 0 Å². The summed E-state index contributed by atoms with van der Waals surface area (Å²) < 4.78 is 0. The molecule has 0 fully saturated rings. The van der Waals surface area contributed by atoms with Crippen molar-refractivity contribution in [1.82, 2.24) is 0 Å². The maximum Gasteiger partial charge on any atom is 0.0726 e. The normalized spacial score (nSPS) is 15.4. The van der Waals surface area contributed by atoms with E-state index in [1.54, 1.807) is 0 Å². The third-order valence-corrected chi connectivity index (χ3v) is 17.7. The minimum Gasteiger partial charge on any atom is -0.310 e.